The minimum atomic E-state index is -4.53. The Kier molecular flexibility index (Phi) is 5.35. The van der Waals surface area contributed by atoms with Crippen LogP contribution in [-0.2, 0) is 6.18 Å². The van der Waals surface area contributed by atoms with Crippen LogP contribution in [0.4, 0.5) is 13.2 Å². The second-order valence-corrected chi connectivity index (χ2v) is 4.35. The third-order valence-electron chi connectivity index (χ3n) is 2.70. The Morgan fingerprint density at radius 1 is 1.37 bits per heavy atom. The molecule has 0 bridgehead atoms. The van der Waals surface area contributed by atoms with Gasteiger partial charge < -0.3 is 11.1 Å². The molecule has 0 spiro atoms. The van der Waals surface area contributed by atoms with E-state index in [0.717, 1.165) is 6.07 Å². The molecule has 1 amide bonds. The minimum absolute atomic E-state index is 0.211. The van der Waals surface area contributed by atoms with Crippen molar-refractivity contribution < 1.29 is 18.0 Å². The van der Waals surface area contributed by atoms with Gasteiger partial charge in [-0.3, -0.25) is 4.79 Å². The van der Waals surface area contributed by atoms with Crippen LogP contribution in [0.3, 0.4) is 0 Å². The molecule has 3 nitrogen and oxygen atoms in total. The first-order chi connectivity index (χ1) is 8.86. The lowest BCUT2D eigenvalue weighted by Gasteiger charge is -2.16. The van der Waals surface area contributed by atoms with Crippen LogP contribution in [0.15, 0.2) is 24.3 Å². The number of carbonyl (C=O) groups is 1. The molecule has 3 N–H and O–H groups in total. The number of hydrogen-bond acceptors (Lipinski definition) is 2. The van der Waals surface area contributed by atoms with Gasteiger partial charge in [0, 0.05) is 6.04 Å². The summed E-state index contributed by atoms with van der Waals surface area (Å²) in [6.45, 7) is 2.23. The first-order valence-electron chi connectivity index (χ1n) is 6.03. The second kappa shape index (κ2) is 6.56. The van der Waals surface area contributed by atoms with Crippen LogP contribution in [0.2, 0.25) is 0 Å². The quantitative estimate of drug-likeness (QED) is 0.867. The van der Waals surface area contributed by atoms with Crippen molar-refractivity contribution in [3.8, 4) is 0 Å². The molecule has 0 fully saturated rings. The van der Waals surface area contributed by atoms with Gasteiger partial charge in [0.25, 0.3) is 5.91 Å². The maximum atomic E-state index is 12.8. The molecule has 6 heteroatoms. The number of benzene rings is 1. The number of carbonyl (C=O) groups excluding carboxylic acids is 1. The van der Waals surface area contributed by atoms with Crippen molar-refractivity contribution in [3.05, 3.63) is 35.4 Å². The summed E-state index contributed by atoms with van der Waals surface area (Å²) in [7, 11) is 0. The molecule has 0 saturated heterocycles. The van der Waals surface area contributed by atoms with Crippen molar-refractivity contribution in [2.45, 2.75) is 32.0 Å². The number of nitrogens with two attached hydrogens (primary N) is 1. The lowest BCUT2D eigenvalue weighted by atomic mass is 10.1. The molecule has 1 aromatic carbocycles. The van der Waals surface area contributed by atoms with E-state index in [1.807, 2.05) is 0 Å². The molecule has 1 aromatic rings. The molecular weight excluding hydrogens is 257 g/mol. The van der Waals surface area contributed by atoms with Gasteiger partial charge in [-0.25, -0.2) is 0 Å². The van der Waals surface area contributed by atoms with E-state index in [0.29, 0.717) is 19.4 Å². The van der Waals surface area contributed by atoms with Gasteiger partial charge in [0.15, 0.2) is 0 Å². The Bertz CT molecular complexity index is 432. The van der Waals surface area contributed by atoms with Crippen molar-refractivity contribution in [2.24, 2.45) is 5.73 Å². The lowest BCUT2D eigenvalue weighted by Crippen LogP contribution is -2.34. The summed E-state index contributed by atoms with van der Waals surface area (Å²) in [5, 5.41) is 2.55. The molecule has 106 valence electrons. The van der Waals surface area contributed by atoms with Gasteiger partial charge in [0.2, 0.25) is 0 Å². The first-order valence-corrected chi connectivity index (χ1v) is 6.03. The Morgan fingerprint density at radius 2 is 2.00 bits per heavy atom. The highest BCUT2D eigenvalue weighted by atomic mass is 19.4. The number of rotatable bonds is 5. The van der Waals surface area contributed by atoms with Gasteiger partial charge in [-0.05, 0) is 38.4 Å². The van der Waals surface area contributed by atoms with E-state index in [-0.39, 0.29) is 11.6 Å². The maximum Gasteiger partial charge on any atom is 0.417 e. The summed E-state index contributed by atoms with van der Waals surface area (Å²) in [5.41, 5.74) is 4.07. The molecule has 19 heavy (non-hydrogen) atoms. The second-order valence-electron chi connectivity index (χ2n) is 4.35. The predicted octanol–water partition coefficient (Wildman–Crippen LogP) is 2.56. The average Bonchev–Trinajstić information content (AvgIpc) is 2.35. The van der Waals surface area contributed by atoms with E-state index in [1.54, 1.807) is 6.92 Å². The fourth-order valence-electron chi connectivity index (χ4n) is 1.73. The Balaban J connectivity index is 2.83. The molecule has 0 aliphatic carbocycles. The van der Waals surface area contributed by atoms with Crippen LogP contribution < -0.4 is 11.1 Å². The summed E-state index contributed by atoms with van der Waals surface area (Å²) >= 11 is 0. The largest absolute Gasteiger partial charge is 0.417 e. The van der Waals surface area contributed by atoms with Crippen LogP contribution in [0.5, 0.6) is 0 Å². The summed E-state index contributed by atoms with van der Waals surface area (Å²) in [4.78, 5) is 11.8. The van der Waals surface area contributed by atoms with Crippen molar-refractivity contribution in [1.82, 2.24) is 5.32 Å². The molecule has 0 radical (unpaired) electrons. The minimum Gasteiger partial charge on any atom is -0.350 e. The van der Waals surface area contributed by atoms with E-state index >= 15 is 0 Å². The molecule has 0 aliphatic rings. The van der Waals surface area contributed by atoms with Crippen LogP contribution in [0, 0.1) is 0 Å². The number of halogens is 3. The molecule has 0 saturated carbocycles. The highest BCUT2D eigenvalue weighted by Crippen LogP contribution is 2.31. The zero-order chi connectivity index (χ0) is 14.5. The molecule has 0 aromatic heterocycles. The van der Waals surface area contributed by atoms with Crippen molar-refractivity contribution in [2.75, 3.05) is 6.54 Å². The van der Waals surface area contributed by atoms with E-state index in [1.165, 1.54) is 18.2 Å². The SMILES string of the molecule is CC(CCCN)NC(=O)c1ccccc1C(F)(F)F. The smallest absolute Gasteiger partial charge is 0.350 e. The highest BCUT2D eigenvalue weighted by molar-refractivity contribution is 5.96. The number of nitrogens with one attached hydrogen (secondary N) is 1. The normalized spacial score (nSPS) is 13.1. The van der Waals surface area contributed by atoms with E-state index in [4.69, 9.17) is 5.73 Å². The van der Waals surface area contributed by atoms with E-state index in [2.05, 4.69) is 5.32 Å². The number of amides is 1. The van der Waals surface area contributed by atoms with Crippen molar-refractivity contribution in [3.63, 3.8) is 0 Å². The fourth-order valence-corrected chi connectivity index (χ4v) is 1.73. The van der Waals surface area contributed by atoms with Crippen molar-refractivity contribution >= 4 is 5.91 Å². The van der Waals surface area contributed by atoms with Crippen LogP contribution >= 0.6 is 0 Å². The summed E-state index contributed by atoms with van der Waals surface area (Å²) in [6, 6.07) is 4.54. The van der Waals surface area contributed by atoms with Crippen LogP contribution in [0.25, 0.3) is 0 Å². The Morgan fingerprint density at radius 3 is 2.58 bits per heavy atom. The monoisotopic (exact) mass is 274 g/mol. The van der Waals surface area contributed by atoms with Gasteiger partial charge in [0.05, 0.1) is 11.1 Å². The zero-order valence-electron chi connectivity index (χ0n) is 10.6. The Hall–Kier alpha value is -1.56. The highest BCUT2D eigenvalue weighted by Gasteiger charge is 2.34. The van der Waals surface area contributed by atoms with E-state index < -0.39 is 17.6 Å². The average molecular weight is 274 g/mol. The fraction of sp³-hybridized carbons (Fsp3) is 0.462. The number of hydrogen-bond donors (Lipinski definition) is 2. The van der Waals surface area contributed by atoms with E-state index in [9.17, 15) is 18.0 Å². The van der Waals surface area contributed by atoms with Crippen LogP contribution in [0.1, 0.15) is 35.7 Å². The van der Waals surface area contributed by atoms with Gasteiger partial charge in [0.1, 0.15) is 0 Å². The number of alkyl halides is 3. The third-order valence-corrected chi connectivity index (χ3v) is 2.70. The molecule has 0 aliphatic heterocycles. The van der Waals surface area contributed by atoms with Crippen molar-refractivity contribution in [1.29, 1.82) is 0 Å². The molecule has 0 heterocycles. The van der Waals surface area contributed by atoms with Gasteiger partial charge in [-0.1, -0.05) is 12.1 Å². The molecule has 1 unspecified atom stereocenters. The predicted molar refractivity (Wildman–Crippen MR) is 66.7 cm³/mol. The van der Waals surface area contributed by atoms with Gasteiger partial charge in [-0.2, -0.15) is 13.2 Å². The summed E-state index contributed by atoms with van der Waals surface area (Å²) < 4.78 is 38.3. The zero-order valence-corrected chi connectivity index (χ0v) is 10.6. The lowest BCUT2D eigenvalue weighted by molar-refractivity contribution is -0.137. The third kappa shape index (κ3) is 4.55. The topological polar surface area (TPSA) is 55.1 Å². The maximum absolute atomic E-state index is 12.8. The summed E-state index contributed by atoms with van der Waals surface area (Å²) in [5.74, 6) is -0.711. The van der Waals surface area contributed by atoms with Crippen LogP contribution in [-0.4, -0.2) is 18.5 Å². The Labute approximate surface area is 110 Å². The first kappa shape index (κ1) is 15.5. The molecule has 1 rings (SSSR count). The standard InChI is InChI=1S/C13H17F3N2O/c1-9(5-4-8-17)18-12(19)10-6-2-3-7-11(10)13(14,15)16/h2-3,6-7,9H,4-5,8,17H2,1H3,(H,18,19). The van der Waals surface area contributed by atoms with Gasteiger partial charge >= 0.3 is 6.18 Å². The molecule has 1 atom stereocenters. The molecular formula is C13H17F3N2O. The summed E-state index contributed by atoms with van der Waals surface area (Å²) in [6.07, 6.45) is -3.19. The van der Waals surface area contributed by atoms with Gasteiger partial charge in [-0.15, -0.1) is 0 Å².